The van der Waals surface area contributed by atoms with Crippen molar-refractivity contribution < 1.29 is 14.4 Å². The summed E-state index contributed by atoms with van der Waals surface area (Å²) in [5, 5.41) is 9.37. The minimum atomic E-state index is -0.422. The quantitative estimate of drug-likeness (QED) is 0.761. The van der Waals surface area contributed by atoms with Gasteiger partial charge in [0.25, 0.3) is 5.91 Å². The van der Waals surface area contributed by atoms with Gasteiger partial charge in [0.05, 0.1) is 17.1 Å². The van der Waals surface area contributed by atoms with Crippen LogP contribution in [-0.2, 0) is 20.8 Å². The molecule has 0 saturated carbocycles. The Kier molecular flexibility index (Phi) is 3.34. The number of benzene rings is 1. The van der Waals surface area contributed by atoms with Crippen LogP contribution < -0.4 is 16.1 Å². The Morgan fingerprint density at radius 3 is 2.76 bits per heavy atom. The molecule has 0 unspecified atom stereocenters. The van der Waals surface area contributed by atoms with Crippen molar-refractivity contribution in [3.05, 3.63) is 22.7 Å². The average Bonchev–Trinajstić information content (AvgIpc) is 2.79. The Balaban J connectivity index is 1.79. The lowest BCUT2D eigenvalue weighted by molar-refractivity contribution is -0.121. The largest absolute Gasteiger partial charge is 0.325 e. The first-order valence-corrected chi connectivity index (χ1v) is 6.70. The van der Waals surface area contributed by atoms with Crippen LogP contribution in [0.25, 0.3) is 0 Å². The number of hydrazone groups is 1. The standard InChI is InChI=1S/C13H11ClN4O3/c14-7-5-9-6(4-12(20)15-9)3-10(7)16-13(21)8-1-2-11(19)18-17-8/h3,5H,1-2,4H2,(H,15,20)(H,16,21)(H,18,19). The van der Waals surface area contributed by atoms with Gasteiger partial charge >= 0.3 is 0 Å². The zero-order valence-electron chi connectivity index (χ0n) is 10.8. The van der Waals surface area contributed by atoms with Crippen molar-refractivity contribution in [2.75, 3.05) is 10.6 Å². The SMILES string of the molecule is O=C1CCC(C(=O)Nc2cc3c(cc2Cl)NC(=O)C3)=NN1. The van der Waals surface area contributed by atoms with Crippen molar-refractivity contribution >= 4 is 46.4 Å². The highest BCUT2D eigenvalue weighted by atomic mass is 35.5. The summed E-state index contributed by atoms with van der Waals surface area (Å²) in [5.41, 5.74) is 4.35. The Hall–Kier alpha value is -2.41. The van der Waals surface area contributed by atoms with Crippen LogP contribution in [0, 0.1) is 0 Å². The van der Waals surface area contributed by atoms with Gasteiger partial charge in [0.1, 0.15) is 5.71 Å². The van der Waals surface area contributed by atoms with E-state index in [-0.39, 0.29) is 36.8 Å². The van der Waals surface area contributed by atoms with E-state index < -0.39 is 5.91 Å². The van der Waals surface area contributed by atoms with Crippen LogP contribution in [0.3, 0.4) is 0 Å². The lowest BCUT2D eigenvalue weighted by Gasteiger charge is -2.13. The molecule has 2 aliphatic rings. The number of fused-ring (bicyclic) bond motifs is 1. The first kappa shape index (κ1) is 13.6. The van der Waals surface area contributed by atoms with Crippen LogP contribution in [0.2, 0.25) is 5.02 Å². The summed E-state index contributed by atoms with van der Waals surface area (Å²) in [7, 11) is 0. The second kappa shape index (κ2) is 5.17. The van der Waals surface area contributed by atoms with Gasteiger partial charge in [-0.15, -0.1) is 0 Å². The zero-order valence-corrected chi connectivity index (χ0v) is 11.6. The normalized spacial score (nSPS) is 16.7. The highest BCUT2D eigenvalue weighted by Crippen LogP contribution is 2.32. The average molecular weight is 307 g/mol. The molecule has 0 radical (unpaired) electrons. The molecule has 1 aromatic rings. The van der Waals surface area contributed by atoms with Gasteiger partial charge in [0, 0.05) is 18.5 Å². The van der Waals surface area contributed by atoms with E-state index >= 15 is 0 Å². The molecule has 2 heterocycles. The predicted molar refractivity (Wildman–Crippen MR) is 77.2 cm³/mol. The van der Waals surface area contributed by atoms with Crippen molar-refractivity contribution in [1.29, 1.82) is 0 Å². The number of carbonyl (C=O) groups is 3. The monoisotopic (exact) mass is 306 g/mol. The maximum absolute atomic E-state index is 12.1. The number of rotatable bonds is 2. The molecule has 3 amide bonds. The van der Waals surface area contributed by atoms with Gasteiger partial charge in [-0.3, -0.25) is 14.4 Å². The molecular weight excluding hydrogens is 296 g/mol. The molecule has 8 heteroatoms. The van der Waals surface area contributed by atoms with E-state index in [4.69, 9.17) is 11.6 Å². The lowest BCUT2D eigenvalue weighted by Crippen LogP contribution is -2.32. The Labute approximate surface area is 124 Å². The fourth-order valence-electron chi connectivity index (χ4n) is 2.18. The third-order valence-electron chi connectivity index (χ3n) is 3.23. The smallest absolute Gasteiger partial charge is 0.271 e. The number of halogens is 1. The van der Waals surface area contributed by atoms with E-state index in [1.54, 1.807) is 12.1 Å². The predicted octanol–water partition coefficient (Wildman–Crippen LogP) is 1.04. The zero-order chi connectivity index (χ0) is 15.0. The van der Waals surface area contributed by atoms with Gasteiger partial charge in [-0.2, -0.15) is 5.10 Å². The molecule has 0 fully saturated rings. The summed E-state index contributed by atoms with van der Waals surface area (Å²) < 4.78 is 0. The highest BCUT2D eigenvalue weighted by Gasteiger charge is 2.22. The highest BCUT2D eigenvalue weighted by molar-refractivity contribution is 6.44. The third-order valence-corrected chi connectivity index (χ3v) is 3.55. The molecule has 1 aromatic carbocycles. The van der Waals surface area contributed by atoms with Gasteiger partial charge < -0.3 is 10.6 Å². The van der Waals surface area contributed by atoms with Gasteiger partial charge in [0.15, 0.2) is 0 Å². The van der Waals surface area contributed by atoms with E-state index in [2.05, 4.69) is 21.2 Å². The minimum absolute atomic E-state index is 0.107. The van der Waals surface area contributed by atoms with Crippen molar-refractivity contribution in [3.63, 3.8) is 0 Å². The molecule has 0 aliphatic carbocycles. The maximum Gasteiger partial charge on any atom is 0.271 e. The maximum atomic E-state index is 12.1. The van der Waals surface area contributed by atoms with Crippen LogP contribution >= 0.6 is 11.6 Å². The van der Waals surface area contributed by atoms with E-state index in [1.807, 2.05) is 0 Å². The van der Waals surface area contributed by atoms with E-state index in [0.29, 0.717) is 16.4 Å². The molecule has 0 aromatic heterocycles. The summed E-state index contributed by atoms with van der Waals surface area (Å²) >= 11 is 6.09. The van der Waals surface area contributed by atoms with Crippen molar-refractivity contribution in [3.8, 4) is 0 Å². The third kappa shape index (κ3) is 2.73. The van der Waals surface area contributed by atoms with Crippen molar-refractivity contribution in [1.82, 2.24) is 5.43 Å². The number of hydrogen-bond donors (Lipinski definition) is 3. The molecule has 7 nitrogen and oxygen atoms in total. The minimum Gasteiger partial charge on any atom is -0.325 e. The molecule has 0 bridgehead atoms. The molecule has 0 atom stereocenters. The van der Waals surface area contributed by atoms with Crippen molar-refractivity contribution in [2.45, 2.75) is 19.3 Å². The first-order chi connectivity index (χ1) is 10.0. The van der Waals surface area contributed by atoms with Crippen molar-refractivity contribution in [2.24, 2.45) is 5.10 Å². The number of nitrogens with zero attached hydrogens (tertiary/aromatic N) is 1. The van der Waals surface area contributed by atoms with Crippen LogP contribution in [0.4, 0.5) is 11.4 Å². The van der Waals surface area contributed by atoms with Gasteiger partial charge in [-0.1, -0.05) is 11.6 Å². The molecule has 3 N–H and O–H groups in total. The Bertz CT molecular complexity index is 699. The number of hydrogen-bond acceptors (Lipinski definition) is 4. The number of amides is 3. The second-order valence-corrected chi connectivity index (χ2v) is 5.17. The lowest BCUT2D eigenvalue weighted by atomic mass is 10.1. The molecular formula is C13H11ClN4O3. The summed E-state index contributed by atoms with van der Waals surface area (Å²) in [6, 6.07) is 3.26. The Morgan fingerprint density at radius 2 is 2.05 bits per heavy atom. The van der Waals surface area contributed by atoms with Gasteiger partial charge in [-0.05, 0) is 17.7 Å². The Morgan fingerprint density at radius 1 is 1.24 bits per heavy atom. The number of nitrogens with one attached hydrogen (secondary N) is 3. The molecule has 21 heavy (non-hydrogen) atoms. The second-order valence-electron chi connectivity index (χ2n) is 4.76. The molecule has 2 aliphatic heterocycles. The number of anilines is 2. The summed E-state index contributed by atoms with van der Waals surface area (Å²) in [4.78, 5) is 34.4. The van der Waals surface area contributed by atoms with E-state index in [1.165, 1.54) is 0 Å². The van der Waals surface area contributed by atoms with E-state index in [9.17, 15) is 14.4 Å². The van der Waals surface area contributed by atoms with Crippen LogP contribution in [0.15, 0.2) is 17.2 Å². The van der Waals surface area contributed by atoms with Crippen LogP contribution in [-0.4, -0.2) is 23.4 Å². The topological polar surface area (TPSA) is 99.7 Å². The first-order valence-electron chi connectivity index (χ1n) is 6.32. The summed E-state index contributed by atoms with van der Waals surface area (Å²) in [5.74, 6) is -0.746. The van der Waals surface area contributed by atoms with Crippen LogP contribution in [0.1, 0.15) is 18.4 Å². The summed E-state index contributed by atoms with van der Waals surface area (Å²) in [6.07, 6.45) is 0.759. The van der Waals surface area contributed by atoms with Crippen LogP contribution in [0.5, 0.6) is 0 Å². The van der Waals surface area contributed by atoms with Gasteiger partial charge in [0.2, 0.25) is 11.8 Å². The van der Waals surface area contributed by atoms with Gasteiger partial charge in [-0.25, -0.2) is 5.43 Å². The molecule has 108 valence electrons. The molecule has 3 rings (SSSR count). The fraction of sp³-hybridized carbons (Fsp3) is 0.231. The van der Waals surface area contributed by atoms with E-state index in [0.717, 1.165) is 5.56 Å². The molecule has 0 saturated heterocycles. The molecule has 0 spiro atoms. The number of carbonyl (C=O) groups excluding carboxylic acids is 3. The fourth-order valence-corrected chi connectivity index (χ4v) is 2.39. The summed E-state index contributed by atoms with van der Waals surface area (Å²) in [6.45, 7) is 0.